The molecule has 6 heteroatoms. The van der Waals surface area contributed by atoms with Crippen LogP contribution in [0.3, 0.4) is 0 Å². The van der Waals surface area contributed by atoms with Gasteiger partial charge in [0.15, 0.2) is 0 Å². The van der Waals surface area contributed by atoms with Crippen molar-refractivity contribution in [1.29, 1.82) is 0 Å². The molecule has 0 aliphatic heterocycles. The molecule has 0 aliphatic rings. The molecule has 20 heavy (non-hydrogen) atoms. The fourth-order valence-electron chi connectivity index (χ4n) is 1.81. The highest BCUT2D eigenvalue weighted by Gasteiger charge is 2.23. The van der Waals surface area contributed by atoms with Crippen LogP contribution in [-0.2, 0) is 4.74 Å². The summed E-state index contributed by atoms with van der Waals surface area (Å²) in [6.07, 6.45) is 6.68. The van der Waals surface area contributed by atoms with E-state index in [4.69, 9.17) is 4.74 Å². The van der Waals surface area contributed by atoms with Crippen molar-refractivity contribution in [2.45, 2.75) is 38.5 Å². The van der Waals surface area contributed by atoms with Gasteiger partial charge in [-0.05, 0) is 17.8 Å². The summed E-state index contributed by atoms with van der Waals surface area (Å²) >= 11 is 0. The Morgan fingerprint density at radius 2 is 2.40 bits per heavy atom. The Kier molecular flexibility index (Phi) is 6.49. The summed E-state index contributed by atoms with van der Waals surface area (Å²) in [7, 11) is 0. The minimum atomic E-state index is -0.508. The molecule has 1 atom stereocenters. The fourth-order valence-corrected chi connectivity index (χ4v) is 1.81. The van der Waals surface area contributed by atoms with E-state index in [1.165, 1.54) is 6.20 Å². The van der Waals surface area contributed by atoms with Gasteiger partial charge >= 0.3 is 5.82 Å². The Morgan fingerprint density at radius 3 is 2.95 bits per heavy atom. The van der Waals surface area contributed by atoms with Crippen molar-refractivity contribution in [2.24, 2.45) is 0 Å². The van der Waals surface area contributed by atoms with Gasteiger partial charge in [-0.25, -0.2) is 9.97 Å². The maximum Gasteiger partial charge on any atom is 0.340 e. The SMILES string of the molecule is C=CCC(C(=C)OCCCCC)c1ncc([N+](=O)[O-])[nH]1. The predicted molar refractivity (Wildman–Crippen MR) is 77.4 cm³/mol. The number of rotatable bonds is 10. The first kappa shape index (κ1) is 15.9. The summed E-state index contributed by atoms with van der Waals surface area (Å²) in [6.45, 7) is 10.3. The van der Waals surface area contributed by atoms with Gasteiger partial charge in [0.05, 0.1) is 12.5 Å². The number of ether oxygens (including phenoxy) is 1. The van der Waals surface area contributed by atoms with Crippen molar-refractivity contribution in [3.05, 3.63) is 47.1 Å². The van der Waals surface area contributed by atoms with Crippen LogP contribution in [0.15, 0.2) is 31.2 Å². The molecule has 0 saturated carbocycles. The fraction of sp³-hybridized carbons (Fsp3) is 0.500. The average Bonchev–Trinajstić information content (AvgIpc) is 2.90. The van der Waals surface area contributed by atoms with Crippen LogP contribution in [-0.4, -0.2) is 21.5 Å². The summed E-state index contributed by atoms with van der Waals surface area (Å²) in [6, 6.07) is 0. The van der Waals surface area contributed by atoms with Crippen molar-refractivity contribution in [1.82, 2.24) is 9.97 Å². The Morgan fingerprint density at radius 1 is 1.65 bits per heavy atom. The summed E-state index contributed by atoms with van der Waals surface area (Å²) in [5.74, 6) is 0.679. The van der Waals surface area contributed by atoms with Gasteiger partial charge in [0, 0.05) is 0 Å². The first-order valence-electron chi connectivity index (χ1n) is 6.71. The zero-order valence-corrected chi connectivity index (χ0v) is 11.8. The van der Waals surface area contributed by atoms with Crippen LogP contribution >= 0.6 is 0 Å². The van der Waals surface area contributed by atoms with E-state index in [1.54, 1.807) is 6.08 Å². The molecule has 0 spiro atoms. The summed E-state index contributed by atoms with van der Waals surface area (Å²) in [5.41, 5.74) is 0. The molecule has 0 saturated heterocycles. The first-order chi connectivity index (χ1) is 9.60. The summed E-state index contributed by atoms with van der Waals surface area (Å²) in [4.78, 5) is 16.9. The Hall–Kier alpha value is -2.11. The minimum absolute atomic E-state index is 0.132. The molecule has 1 heterocycles. The molecule has 0 aromatic carbocycles. The van der Waals surface area contributed by atoms with E-state index in [1.807, 2.05) is 0 Å². The lowest BCUT2D eigenvalue weighted by molar-refractivity contribution is -0.389. The van der Waals surface area contributed by atoms with Crippen molar-refractivity contribution in [2.75, 3.05) is 6.61 Å². The lowest BCUT2D eigenvalue weighted by Gasteiger charge is -2.15. The van der Waals surface area contributed by atoms with Crippen LogP contribution in [0.5, 0.6) is 0 Å². The van der Waals surface area contributed by atoms with Crippen LogP contribution in [0.25, 0.3) is 0 Å². The van der Waals surface area contributed by atoms with Crippen molar-refractivity contribution >= 4 is 5.82 Å². The molecule has 1 N–H and O–H groups in total. The highest BCUT2D eigenvalue weighted by Crippen LogP contribution is 2.27. The van der Waals surface area contributed by atoms with Crippen LogP contribution in [0, 0.1) is 10.1 Å². The van der Waals surface area contributed by atoms with Crippen LogP contribution in [0.1, 0.15) is 44.3 Å². The van der Waals surface area contributed by atoms with Crippen molar-refractivity contribution in [3.8, 4) is 0 Å². The molecule has 110 valence electrons. The molecular formula is C14H21N3O3. The number of nitrogens with zero attached hydrogens (tertiary/aromatic N) is 2. The molecule has 0 radical (unpaired) electrons. The van der Waals surface area contributed by atoms with E-state index in [0.717, 1.165) is 19.3 Å². The Bertz CT molecular complexity index is 468. The highest BCUT2D eigenvalue weighted by molar-refractivity contribution is 5.21. The van der Waals surface area contributed by atoms with E-state index in [2.05, 4.69) is 30.0 Å². The number of hydrogen-bond acceptors (Lipinski definition) is 4. The minimum Gasteiger partial charge on any atom is -0.498 e. The number of aromatic amines is 1. The molecule has 1 aromatic rings. The zero-order chi connectivity index (χ0) is 15.0. The van der Waals surface area contributed by atoms with Gasteiger partial charge in [-0.15, -0.1) is 6.58 Å². The topological polar surface area (TPSA) is 81.1 Å². The lowest BCUT2D eigenvalue weighted by Crippen LogP contribution is -2.07. The molecule has 0 bridgehead atoms. The van der Waals surface area contributed by atoms with E-state index >= 15 is 0 Å². The Labute approximate surface area is 118 Å². The number of H-pyrrole nitrogens is 1. The Balaban J connectivity index is 2.68. The molecule has 6 nitrogen and oxygen atoms in total. The van der Waals surface area contributed by atoms with Gasteiger partial charge in [0.2, 0.25) is 5.82 Å². The van der Waals surface area contributed by atoms with Gasteiger partial charge in [-0.2, -0.15) is 0 Å². The third kappa shape index (κ3) is 4.53. The van der Waals surface area contributed by atoms with Gasteiger partial charge in [0.25, 0.3) is 0 Å². The third-order valence-corrected chi connectivity index (χ3v) is 2.94. The van der Waals surface area contributed by atoms with E-state index < -0.39 is 4.92 Å². The molecule has 1 rings (SSSR count). The molecule has 0 aliphatic carbocycles. The monoisotopic (exact) mass is 279 g/mol. The van der Waals surface area contributed by atoms with Crippen molar-refractivity contribution < 1.29 is 9.66 Å². The van der Waals surface area contributed by atoms with Gasteiger partial charge in [-0.3, -0.25) is 0 Å². The van der Waals surface area contributed by atoms with Crippen molar-refractivity contribution in [3.63, 3.8) is 0 Å². The number of aromatic nitrogens is 2. The summed E-state index contributed by atoms with van der Waals surface area (Å²) in [5, 5.41) is 10.7. The van der Waals surface area contributed by atoms with E-state index in [0.29, 0.717) is 24.6 Å². The van der Waals surface area contributed by atoms with E-state index in [-0.39, 0.29) is 11.7 Å². The molecular weight excluding hydrogens is 258 g/mol. The van der Waals surface area contributed by atoms with Gasteiger partial charge in [-0.1, -0.05) is 32.4 Å². The largest absolute Gasteiger partial charge is 0.498 e. The standard InChI is InChI=1S/C14H21N3O3/c1-4-6-7-9-20-11(3)12(8-5-2)14-15-10-13(16-14)17(18)19/h5,10,12H,2-4,6-9H2,1H3,(H,15,16). The predicted octanol–water partition coefficient (Wildman–Crippen LogP) is 3.70. The number of nitrogens with one attached hydrogen (secondary N) is 1. The lowest BCUT2D eigenvalue weighted by atomic mass is 10.0. The normalized spacial score (nSPS) is 11.8. The van der Waals surface area contributed by atoms with Gasteiger partial charge < -0.3 is 14.9 Å². The number of hydrogen-bond donors (Lipinski definition) is 1. The highest BCUT2D eigenvalue weighted by atomic mass is 16.6. The number of unbranched alkanes of at least 4 members (excludes halogenated alkanes) is 2. The zero-order valence-electron chi connectivity index (χ0n) is 11.8. The maximum absolute atomic E-state index is 10.7. The van der Waals surface area contributed by atoms with Crippen LogP contribution in [0.4, 0.5) is 5.82 Å². The maximum atomic E-state index is 10.7. The quantitative estimate of drug-likeness (QED) is 0.233. The third-order valence-electron chi connectivity index (χ3n) is 2.94. The smallest absolute Gasteiger partial charge is 0.340 e. The number of nitro groups is 1. The second-order valence-electron chi connectivity index (χ2n) is 4.51. The first-order valence-corrected chi connectivity index (χ1v) is 6.71. The summed E-state index contributed by atoms with van der Waals surface area (Å²) < 4.78 is 5.61. The average molecular weight is 279 g/mol. The van der Waals surface area contributed by atoms with Crippen LogP contribution < -0.4 is 0 Å². The molecule has 0 fully saturated rings. The second-order valence-corrected chi connectivity index (χ2v) is 4.51. The number of allylic oxidation sites excluding steroid dienone is 2. The second kappa shape index (κ2) is 8.14. The van der Waals surface area contributed by atoms with Gasteiger partial charge in [0.1, 0.15) is 12.0 Å². The van der Waals surface area contributed by atoms with Crippen LogP contribution in [0.2, 0.25) is 0 Å². The number of imidazole rings is 1. The van der Waals surface area contributed by atoms with E-state index in [9.17, 15) is 10.1 Å². The molecule has 1 unspecified atom stereocenters. The molecule has 0 amide bonds. The molecule has 1 aromatic heterocycles.